The number of carbonyl (C=O) groups excluding carboxylic acids is 3. The van der Waals surface area contributed by atoms with E-state index in [1.165, 1.54) is 0 Å². The number of nitroso groups, excluding NO2 is 1. The van der Waals surface area contributed by atoms with Gasteiger partial charge in [-0.3, -0.25) is 10.1 Å². The second-order valence-corrected chi connectivity index (χ2v) is 14.8. The van der Waals surface area contributed by atoms with Crippen molar-refractivity contribution < 1.29 is 19.1 Å². The summed E-state index contributed by atoms with van der Waals surface area (Å²) in [6.45, 7) is 11.9. The van der Waals surface area contributed by atoms with Gasteiger partial charge in [-0.15, -0.1) is 0 Å². The zero-order chi connectivity index (χ0) is 33.1. The highest BCUT2D eigenvalue weighted by Crippen LogP contribution is 2.57. The molecule has 3 N–H and O–H groups in total. The highest BCUT2D eigenvalue weighted by Gasteiger charge is 2.72. The van der Waals surface area contributed by atoms with Crippen LogP contribution in [-0.4, -0.2) is 37.9 Å². The summed E-state index contributed by atoms with van der Waals surface area (Å²) in [4.78, 5) is 52.2. The van der Waals surface area contributed by atoms with Gasteiger partial charge in [-0.05, 0) is 42.5 Å². The fourth-order valence-corrected chi connectivity index (χ4v) is 7.51. The van der Waals surface area contributed by atoms with E-state index in [-0.39, 0.29) is 17.9 Å². The fraction of sp³-hybridized carbons (Fsp3) is 0.389. The number of urea groups is 1. The maximum absolute atomic E-state index is 13.6. The topological polar surface area (TPSA) is 125 Å². The Kier molecular flexibility index (Phi) is 7.37. The third-order valence-corrected chi connectivity index (χ3v) is 9.43. The molecule has 1 saturated carbocycles. The Morgan fingerprint density at radius 2 is 1.63 bits per heavy atom. The van der Waals surface area contributed by atoms with Gasteiger partial charge in [-0.1, -0.05) is 76.2 Å². The highest BCUT2D eigenvalue weighted by atomic mass is 16.3. The molecule has 2 fully saturated rings. The molecule has 1 saturated heterocycles. The van der Waals surface area contributed by atoms with E-state index < -0.39 is 28.3 Å². The van der Waals surface area contributed by atoms with Gasteiger partial charge in [0.15, 0.2) is 0 Å². The summed E-state index contributed by atoms with van der Waals surface area (Å²) in [6, 6.07) is 22.7. The number of benzene rings is 3. The van der Waals surface area contributed by atoms with E-state index in [0.29, 0.717) is 35.5 Å². The molecule has 0 radical (unpaired) electrons. The number of hydrogen-bond acceptors (Lipinski definition) is 5. The van der Waals surface area contributed by atoms with Crippen molar-refractivity contribution in [3.8, 4) is 5.69 Å². The van der Waals surface area contributed by atoms with Crippen LogP contribution in [0.15, 0.2) is 72.8 Å². The summed E-state index contributed by atoms with van der Waals surface area (Å²) >= 11 is 0. The average molecular weight is 622 g/mol. The molecule has 10 heteroatoms. The Bertz CT molecular complexity index is 1870. The molecule has 10 nitrogen and oxygen atoms in total. The van der Waals surface area contributed by atoms with E-state index in [2.05, 4.69) is 36.7 Å². The number of hydrogen-bond donors (Lipinski definition) is 3. The normalized spacial score (nSPS) is 24.2. The van der Waals surface area contributed by atoms with Crippen molar-refractivity contribution in [2.45, 2.75) is 78.3 Å². The lowest BCUT2D eigenvalue weighted by Crippen LogP contribution is -2.50. The van der Waals surface area contributed by atoms with Gasteiger partial charge in [0.2, 0.25) is 11.4 Å². The molecular weight excluding hydrogens is 580 g/mol. The van der Waals surface area contributed by atoms with Crippen molar-refractivity contribution in [2.75, 3.05) is 10.6 Å². The molecule has 1 aliphatic carbocycles. The zero-order valence-corrected chi connectivity index (χ0v) is 27.2. The van der Waals surface area contributed by atoms with E-state index in [0.717, 1.165) is 27.7 Å². The van der Waals surface area contributed by atoms with Crippen molar-refractivity contribution in [3.63, 3.8) is 0 Å². The molecule has 3 atom stereocenters. The van der Waals surface area contributed by atoms with Crippen LogP contribution in [0.25, 0.3) is 16.5 Å². The van der Waals surface area contributed by atoms with Crippen molar-refractivity contribution in [1.82, 2.24) is 15.1 Å². The first-order chi connectivity index (χ1) is 21.6. The predicted molar refractivity (Wildman–Crippen MR) is 178 cm³/mol. The van der Waals surface area contributed by atoms with Gasteiger partial charge in [0.1, 0.15) is 11.2 Å². The fourth-order valence-electron chi connectivity index (χ4n) is 7.51. The maximum Gasteiger partial charge on any atom is 0.439 e. The maximum atomic E-state index is 13.6. The lowest BCUT2D eigenvalue weighted by atomic mass is 9.60. The smallest absolute Gasteiger partial charge is 0.352 e. The first-order valence-electron chi connectivity index (χ1n) is 15.7. The number of nitrogens with zero attached hydrogens (tertiary/aromatic N) is 3. The largest absolute Gasteiger partial charge is 0.439 e. The summed E-state index contributed by atoms with van der Waals surface area (Å²) in [5, 5.41) is 15.8. The first kappa shape index (κ1) is 31.1. The van der Waals surface area contributed by atoms with E-state index in [4.69, 9.17) is 5.10 Å². The van der Waals surface area contributed by atoms with Gasteiger partial charge in [-0.2, -0.15) is 5.10 Å². The number of nitrogens with one attached hydrogen (secondary N) is 3. The summed E-state index contributed by atoms with van der Waals surface area (Å²) in [5.41, 5.74) is 0.206. The third-order valence-electron chi connectivity index (χ3n) is 9.43. The first-order valence-corrected chi connectivity index (χ1v) is 15.7. The second kappa shape index (κ2) is 10.9. The van der Waals surface area contributed by atoms with E-state index in [9.17, 15) is 19.3 Å². The molecule has 3 aromatic carbocycles. The SMILES string of the molecule is CC1(C(=O)NCc2cccc(-n3nc(C(C)(C)C)cc3NC(=O)Nc3cccc4ccccc34)c2)CC2(C)CC(C)(C1)[N+](=O)C2=O. The molecule has 2 heterocycles. The molecule has 1 aliphatic heterocycles. The summed E-state index contributed by atoms with van der Waals surface area (Å²) in [6.07, 6.45) is 1.11. The number of aromatic nitrogens is 2. The minimum absolute atomic E-state index is 0.181. The van der Waals surface area contributed by atoms with Crippen molar-refractivity contribution in [3.05, 3.63) is 89.0 Å². The monoisotopic (exact) mass is 621 g/mol. The standard InChI is InChI=1S/C36H40N6O4/c1-33(2,3)28-18-29(39-32(45)38-27-16-10-13-24-12-7-8-15-26(24)27)41(40-28)25-14-9-11-23(17-25)19-37-30(43)34(4)20-35(5)22-36(6,21-34)42(46)31(35)44/h7-18H,19-22H2,1-6H3,(H2-,37,38,39,40,43,45)/p+1. The van der Waals surface area contributed by atoms with E-state index in [1.807, 2.05) is 79.7 Å². The molecule has 1 aromatic heterocycles. The molecule has 4 aromatic rings. The zero-order valence-electron chi connectivity index (χ0n) is 27.2. The molecule has 46 heavy (non-hydrogen) atoms. The molecular formula is C36H41N6O4+. The van der Waals surface area contributed by atoms with Crippen LogP contribution in [-0.2, 0) is 21.5 Å². The number of carbonyl (C=O) groups is 3. The number of amides is 4. The van der Waals surface area contributed by atoms with Crippen molar-refractivity contribution in [2.24, 2.45) is 10.8 Å². The van der Waals surface area contributed by atoms with Gasteiger partial charge in [0.05, 0.1) is 27.2 Å². The van der Waals surface area contributed by atoms with Crippen LogP contribution in [0.5, 0.6) is 0 Å². The van der Waals surface area contributed by atoms with Gasteiger partial charge < -0.3 is 10.6 Å². The van der Waals surface area contributed by atoms with Gasteiger partial charge >= 0.3 is 11.9 Å². The highest BCUT2D eigenvalue weighted by molar-refractivity contribution is 6.06. The van der Waals surface area contributed by atoms with E-state index >= 15 is 0 Å². The minimum atomic E-state index is -0.885. The summed E-state index contributed by atoms with van der Waals surface area (Å²) < 4.78 is 2.30. The van der Waals surface area contributed by atoms with Gasteiger partial charge in [0, 0.05) is 48.1 Å². The van der Waals surface area contributed by atoms with Crippen LogP contribution in [0.4, 0.5) is 16.3 Å². The van der Waals surface area contributed by atoms with Crippen LogP contribution in [0, 0.1) is 15.7 Å². The Labute approximate surface area is 268 Å². The molecule has 0 spiro atoms. The quantitative estimate of drug-likeness (QED) is 0.203. The van der Waals surface area contributed by atoms with Crippen molar-refractivity contribution >= 4 is 40.1 Å². The van der Waals surface area contributed by atoms with Crippen LogP contribution in [0.2, 0.25) is 0 Å². The number of rotatable bonds is 6. The molecule has 3 unspecified atom stereocenters. The Balaban J connectivity index is 1.21. The Morgan fingerprint density at radius 1 is 0.913 bits per heavy atom. The minimum Gasteiger partial charge on any atom is -0.352 e. The van der Waals surface area contributed by atoms with Crippen LogP contribution in [0.3, 0.4) is 0 Å². The summed E-state index contributed by atoms with van der Waals surface area (Å²) in [5.74, 6) is -0.106. The molecule has 2 bridgehead atoms. The third kappa shape index (κ3) is 5.57. The molecule has 6 rings (SSSR count). The van der Waals surface area contributed by atoms with Crippen LogP contribution < -0.4 is 16.0 Å². The molecule has 4 amide bonds. The number of anilines is 2. The van der Waals surface area contributed by atoms with Crippen molar-refractivity contribution in [1.29, 1.82) is 0 Å². The van der Waals surface area contributed by atoms with Crippen LogP contribution >= 0.6 is 0 Å². The number of fused-ring (bicyclic) bond motifs is 3. The van der Waals surface area contributed by atoms with Crippen LogP contribution in [0.1, 0.15) is 72.1 Å². The predicted octanol–water partition coefficient (Wildman–Crippen LogP) is 6.86. The Morgan fingerprint density at radius 3 is 2.37 bits per heavy atom. The van der Waals surface area contributed by atoms with Gasteiger partial charge in [-0.25, -0.2) is 14.3 Å². The summed E-state index contributed by atoms with van der Waals surface area (Å²) in [7, 11) is 0. The van der Waals surface area contributed by atoms with E-state index in [1.54, 1.807) is 18.5 Å². The average Bonchev–Trinajstić information content (AvgIpc) is 3.47. The lowest BCUT2D eigenvalue weighted by Gasteiger charge is -2.39. The molecule has 238 valence electrons. The Hall–Kier alpha value is -4.86. The lowest BCUT2D eigenvalue weighted by molar-refractivity contribution is -0.535. The molecule has 2 aliphatic rings. The second-order valence-electron chi connectivity index (χ2n) is 14.8. The van der Waals surface area contributed by atoms with Gasteiger partial charge in [0.25, 0.3) is 0 Å².